The molecule has 4 rings (SSSR count). The molecule has 2 aromatic carbocycles. The Morgan fingerprint density at radius 2 is 1.87 bits per heavy atom. The van der Waals surface area contributed by atoms with Gasteiger partial charge in [0.1, 0.15) is 0 Å². The molecule has 0 saturated carbocycles. The Morgan fingerprint density at radius 1 is 1.00 bits per heavy atom. The highest BCUT2D eigenvalue weighted by atomic mass is 14.3. The lowest BCUT2D eigenvalue weighted by Gasteiger charge is -2.22. The lowest BCUT2D eigenvalue weighted by molar-refractivity contribution is 0.633. The van der Waals surface area contributed by atoms with Gasteiger partial charge in [-0.25, -0.2) is 0 Å². The lowest BCUT2D eigenvalue weighted by Crippen LogP contribution is -2.05. The Kier molecular flexibility index (Phi) is 3.91. The fourth-order valence-electron chi connectivity index (χ4n) is 4.18. The van der Waals surface area contributed by atoms with Gasteiger partial charge < -0.3 is 0 Å². The topological polar surface area (TPSA) is 0 Å². The van der Waals surface area contributed by atoms with Crippen LogP contribution >= 0.6 is 0 Å². The molecule has 0 fully saturated rings. The van der Waals surface area contributed by atoms with Gasteiger partial charge in [0.05, 0.1) is 0 Å². The average molecular weight is 300 g/mol. The minimum atomic E-state index is 0.592. The van der Waals surface area contributed by atoms with Crippen LogP contribution in [-0.2, 0) is 6.42 Å². The molecule has 0 saturated heterocycles. The third-order valence-electron chi connectivity index (χ3n) is 5.36. The van der Waals surface area contributed by atoms with Gasteiger partial charge in [-0.05, 0) is 47.1 Å². The number of hydrogen-bond donors (Lipinski definition) is 0. The van der Waals surface area contributed by atoms with Gasteiger partial charge in [0, 0.05) is 5.92 Å². The molecular formula is C23H24. The summed E-state index contributed by atoms with van der Waals surface area (Å²) in [6.45, 7) is 2.30. The molecule has 0 spiro atoms. The van der Waals surface area contributed by atoms with E-state index in [1.165, 1.54) is 36.0 Å². The van der Waals surface area contributed by atoms with Crippen LogP contribution in [0.1, 0.15) is 55.2 Å². The maximum Gasteiger partial charge on any atom is 0.00574 e. The summed E-state index contributed by atoms with van der Waals surface area (Å²) in [7, 11) is 0. The highest BCUT2D eigenvalue weighted by Gasteiger charge is 2.25. The van der Waals surface area contributed by atoms with E-state index in [-0.39, 0.29) is 0 Å². The van der Waals surface area contributed by atoms with Crippen molar-refractivity contribution in [2.45, 2.75) is 44.9 Å². The van der Waals surface area contributed by atoms with Crippen LogP contribution in [0.5, 0.6) is 0 Å². The Morgan fingerprint density at radius 3 is 2.70 bits per heavy atom. The zero-order chi connectivity index (χ0) is 15.6. The normalized spacial score (nSPS) is 16.1. The smallest absolute Gasteiger partial charge is 0.00574 e. The summed E-state index contributed by atoms with van der Waals surface area (Å²) in [5.41, 5.74) is 9.14. The van der Waals surface area contributed by atoms with Crippen molar-refractivity contribution in [1.82, 2.24) is 0 Å². The molecule has 0 heterocycles. The third kappa shape index (κ3) is 2.57. The molecule has 0 bridgehead atoms. The van der Waals surface area contributed by atoms with E-state index in [9.17, 15) is 0 Å². The SMILES string of the molecule is CCCCC(C1=CC=CC1)c1cccc2c1Cc1ccccc1-2. The number of unbranched alkanes of at least 4 members (excludes halogenated alkanes) is 1. The second-order valence-electron chi connectivity index (χ2n) is 6.78. The van der Waals surface area contributed by atoms with Gasteiger partial charge in [0.2, 0.25) is 0 Å². The van der Waals surface area contributed by atoms with E-state index >= 15 is 0 Å². The predicted molar refractivity (Wildman–Crippen MR) is 98.8 cm³/mol. The number of fused-ring (bicyclic) bond motifs is 3. The van der Waals surface area contributed by atoms with Crippen LogP contribution < -0.4 is 0 Å². The molecule has 0 radical (unpaired) electrons. The number of benzene rings is 2. The van der Waals surface area contributed by atoms with Crippen molar-refractivity contribution in [3.8, 4) is 11.1 Å². The largest absolute Gasteiger partial charge is 0.0804 e. The van der Waals surface area contributed by atoms with Crippen molar-refractivity contribution in [3.05, 3.63) is 83.0 Å². The van der Waals surface area contributed by atoms with Gasteiger partial charge in [0.25, 0.3) is 0 Å². The summed E-state index contributed by atoms with van der Waals surface area (Å²) in [4.78, 5) is 0. The third-order valence-corrected chi connectivity index (χ3v) is 5.36. The maximum absolute atomic E-state index is 2.38. The molecular weight excluding hydrogens is 276 g/mol. The van der Waals surface area contributed by atoms with E-state index in [1.807, 2.05) is 0 Å². The molecule has 0 aliphatic heterocycles. The van der Waals surface area contributed by atoms with Crippen LogP contribution in [0, 0.1) is 0 Å². The predicted octanol–water partition coefficient (Wildman–Crippen LogP) is 6.42. The molecule has 116 valence electrons. The quantitative estimate of drug-likeness (QED) is 0.510. The summed E-state index contributed by atoms with van der Waals surface area (Å²) in [6, 6.07) is 15.9. The first-order valence-corrected chi connectivity index (χ1v) is 8.94. The van der Waals surface area contributed by atoms with Crippen LogP contribution in [-0.4, -0.2) is 0 Å². The molecule has 1 unspecified atom stereocenters. The minimum Gasteiger partial charge on any atom is -0.0804 e. The number of rotatable bonds is 5. The van der Waals surface area contributed by atoms with Crippen LogP contribution in [0.4, 0.5) is 0 Å². The van der Waals surface area contributed by atoms with Crippen molar-refractivity contribution in [1.29, 1.82) is 0 Å². The van der Waals surface area contributed by atoms with Crippen LogP contribution in [0.25, 0.3) is 11.1 Å². The molecule has 2 aromatic rings. The van der Waals surface area contributed by atoms with E-state index in [0.717, 1.165) is 12.8 Å². The molecule has 1 atom stereocenters. The van der Waals surface area contributed by atoms with E-state index in [0.29, 0.717) is 5.92 Å². The van der Waals surface area contributed by atoms with Gasteiger partial charge in [-0.1, -0.05) is 86.0 Å². The molecule has 0 nitrogen and oxygen atoms in total. The molecule has 0 N–H and O–H groups in total. The maximum atomic E-state index is 2.38. The number of hydrogen-bond acceptors (Lipinski definition) is 0. The Bertz CT molecular complexity index is 776. The summed E-state index contributed by atoms with van der Waals surface area (Å²) in [5, 5.41) is 0. The van der Waals surface area contributed by atoms with Gasteiger partial charge in [0.15, 0.2) is 0 Å². The van der Waals surface area contributed by atoms with E-state index in [4.69, 9.17) is 0 Å². The van der Waals surface area contributed by atoms with Crippen molar-refractivity contribution in [2.24, 2.45) is 0 Å². The van der Waals surface area contributed by atoms with Gasteiger partial charge in [-0.2, -0.15) is 0 Å². The second kappa shape index (κ2) is 6.20. The Hall–Kier alpha value is -2.08. The first-order chi connectivity index (χ1) is 11.4. The summed E-state index contributed by atoms with van der Waals surface area (Å²) in [6.07, 6.45) is 13.0. The lowest BCUT2D eigenvalue weighted by atomic mass is 9.82. The molecule has 2 aliphatic carbocycles. The standard InChI is InChI=1S/C23H24/c1-2-3-12-19(17-9-4-5-10-17)21-14-8-15-22-20-13-7-6-11-18(20)16-23(21)22/h4-9,11,13-15,19H,2-3,10,12,16H2,1H3. The zero-order valence-corrected chi connectivity index (χ0v) is 13.9. The minimum absolute atomic E-state index is 0.592. The Labute approximate surface area is 139 Å². The van der Waals surface area contributed by atoms with E-state index < -0.39 is 0 Å². The van der Waals surface area contributed by atoms with Crippen molar-refractivity contribution in [3.63, 3.8) is 0 Å². The zero-order valence-electron chi connectivity index (χ0n) is 13.9. The fourth-order valence-corrected chi connectivity index (χ4v) is 4.18. The first-order valence-electron chi connectivity index (χ1n) is 8.94. The highest BCUT2D eigenvalue weighted by molar-refractivity contribution is 5.78. The van der Waals surface area contributed by atoms with Crippen LogP contribution in [0.3, 0.4) is 0 Å². The first kappa shape index (κ1) is 14.5. The number of allylic oxidation sites excluding steroid dienone is 4. The average Bonchev–Trinajstić information content (AvgIpc) is 3.23. The van der Waals surface area contributed by atoms with Gasteiger partial charge in [-0.3, -0.25) is 0 Å². The summed E-state index contributed by atoms with van der Waals surface area (Å²) < 4.78 is 0. The van der Waals surface area contributed by atoms with Gasteiger partial charge in [-0.15, -0.1) is 0 Å². The monoisotopic (exact) mass is 300 g/mol. The van der Waals surface area contributed by atoms with Crippen molar-refractivity contribution >= 4 is 0 Å². The van der Waals surface area contributed by atoms with Crippen LogP contribution in [0.2, 0.25) is 0 Å². The fraction of sp³-hybridized carbons (Fsp3) is 0.304. The summed E-state index contributed by atoms with van der Waals surface area (Å²) in [5.74, 6) is 0.592. The molecule has 0 heteroatoms. The van der Waals surface area contributed by atoms with E-state index in [2.05, 4.69) is 67.6 Å². The van der Waals surface area contributed by atoms with Crippen molar-refractivity contribution < 1.29 is 0 Å². The van der Waals surface area contributed by atoms with Crippen molar-refractivity contribution in [2.75, 3.05) is 0 Å². The van der Waals surface area contributed by atoms with Crippen LogP contribution in [0.15, 0.2) is 66.3 Å². The van der Waals surface area contributed by atoms with E-state index in [1.54, 1.807) is 16.7 Å². The molecule has 23 heavy (non-hydrogen) atoms. The van der Waals surface area contributed by atoms with Gasteiger partial charge >= 0.3 is 0 Å². The molecule has 0 aromatic heterocycles. The Balaban J connectivity index is 1.77. The molecule has 0 amide bonds. The highest BCUT2D eigenvalue weighted by Crippen LogP contribution is 2.43. The summed E-state index contributed by atoms with van der Waals surface area (Å²) >= 11 is 0. The second-order valence-corrected chi connectivity index (χ2v) is 6.78. The molecule has 2 aliphatic rings.